The zero-order valence-electron chi connectivity index (χ0n) is 16.3. The van der Waals surface area contributed by atoms with Gasteiger partial charge in [0, 0.05) is 22.3 Å². The number of carbonyl (C=O) groups is 2. The molecule has 0 atom stereocenters. The summed E-state index contributed by atoms with van der Waals surface area (Å²) in [7, 11) is 0. The van der Waals surface area contributed by atoms with Gasteiger partial charge in [-0.05, 0) is 69.6 Å². The van der Waals surface area contributed by atoms with Crippen LogP contribution in [-0.2, 0) is 9.59 Å². The topological polar surface area (TPSA) is 61.4 Å². The number of piperidine rings is 1. The van der Waals surface area contributed by atoms with Crippen molar-refractivity contribution in [1.29, 1.82) is 0 Å². The second kappa shape index (κ2) is 9.22. The van der Waals surface area contributed by atoms with Gasteiger partial charge in [-0.1, -0.05) is 35.4 Å². The van der Waals surface area contributed by atoms with Gasteiger partial charge in [-0.15, -0.1) is 0 Å². The van der Waals surface area contributed by atoms with Gasteiger partial charge in [0.1, 0.15) is 0 Å². The van der Waals surface area contributed by atoms with Crippen molar-refractivity contribution >= 4 is 34.8 Å². The Balaban J connectivity index is 1.46. The van der Waals surface area contributed by atoms with E-state index in [1.165, 1.54) is 0 Å². The maximum atomic E-state index is 12.6. The third-order valence-electron chi connectivity index (χ3n) is 5.12. The lowest BCUT2D eigenvalue weighted by Gasteiger charge is -2.30. The molecule has 1 saturated heterocycles. The number of rotatable bonds is 5. The molecule has 1 aliphatic rings. The van der Waals surface area contributed by atoms with Crippen LogP contribution >= 0.6 is 11.6 Å². The van der Waals surface area contributed by atoms with Crippen LogP contribution in [-0.4, -0.2) is 36.3 Å². The van der Waals surface area contributed by atoms with E-state index in [4.69, 9.17) is 11.6 Å². The molecule has 148 valence electrons. The quantitative estimate of drug-likeness (QED) is 0.790. The van der Waals surface area contributed by atoms with E-state index in [9.17, 15) is 9.59 Å². The lowest BCUT2D eigenvalue weighted by atomic mass is 9.95. The Hall–Kier alpha value is -2.37. The molecule has 6 heteroatoms. The van der Waals surface area contributed by atoms with Gasteiger partial charge < -0.3 is 10.6 Å². The summed E-state index contributed by atoms with van der Waals surface area (Å²) in [4.78, 5) is 26.9. The molecule has 2 amide bonds. The lowest BCUT2D eigenvalue weighted by Crippen LogP contribution is -2.41. The van der Waals surface area contributed by atoms with Crippen molar-refractivity contribution in [2.75, 3.05) is 30.3 Å². The molecule has 0 saturated carbocycles. The van der Waals surface area contributed by atoms with Crippen LogP contribution in [0.4, 0.5) is 11.4 Å². The first kappa shape index (κ1) is 20.4. The zero-order chi connectivity index (χ0) is 20.1. The van der Waals surface area contributed by atoms with Crippen LogP contribution in [0.15, 0.2) is 42.5 Å². The number of likely N-dealkylation sites (tertiary alicyclic amines) is 1. The summed E-state index contributed by atoms with van der Waals surface area (Å²) in [6.07, 6.45) is 1.48. The van der Waals surface area contributed by atoms with E-state index in [-0.39, 0.29) is 17.7 Å². The number of anilines is 2. The van der Waals surface area contributed by atoms with Crippen molar-refractivity contribution < 1.29 is 9.59 Å². The number of nitrogens with one attached hydrogen (secondary N) is 2. The highest BCUT2D eigenvalue weighted by atomic mass is 35.5. The first-order valence-electron chi connectivity index (χ1n) is 9.56. The van der Waals surface area contributed by atoms with Gasteiger partial charge in [0.15, 0.2) is 0 Å². The van der Waals surface area contributed by atoms with E-state index in [2.05, 4.69) is 15.5 Å². The van der Waals surface area contributed by atoms with Gasteiger partial charge >= 0.3 is 0 Å². The molecule has 5 nitrogen and oxygen atoms in total. The van der Waals surface area contributed by atoms with Crippen molar-refractivity contribution in [3.05, 3.63) is 58.6 Å². The highest BCUT2D eigenvalue weighted by Gasteiger charge is 2.26. The maximum Gasteiger partial charge on any atom is 0.238 e. The summed E-state index contributed by atoms with van der Waals surface area (Å²) < 4.78 is 0. The van der Waals surface area contributed by atoms with Crippen molar-refractivity contribution in [3.8, 4) is 0 Å². The number of aryl methyl sites for hydroxylation is 2. The van der Waals surface area contributed by atoms with Crippen LogP contribution in [0.25, 0.3) is 0 Å². The molecule has 1 aliphatic heterocycles. The fraction of sp³-hybridized carbons (Fsp3) is 0.364. The predicted octanol–water partition coefficient (Wildman–Crippen LogP) is 4.25. The largest absolute Gasteiger partial charge is 0.326 e. The highest BCUT2D eigenvalue weighted by Crippen LogP contribution is 2.23. The summed E-state index contributed by atoms with van der Waals surface area (Å²) in [6, 6.07) is 13.2. The van der Waals surface area contributed by atoms with Crippen molar-refractivity contribution in [1.82, 2.24) is 4.90 Å². The van der Waals surface area contributed by atoms with Crippen LogP contribution in [0.3, 0.4) is 0 Å². The molecule has 1 fully saturated rings. The number of carbonyl (C=O) groups excluding carboxylic acids is 2. The normalized spacial score (nSPS) is 15.2. The van der Waals surface area contributed by atoms with Crippen LogP contribution in [0.2, 0.25) is 5.02 Å². The minimum absolute atomic E-state index is 0.0223. The summed E-state index contributed by atoms with van der Waals surface area (Å²) >= 11 is 6.02. The van der Waals surface area contributed by atoms with Crippen molar-refractivity contribution in [2.24, 2.45) is 5.92 Å². The Kier molecular flexibility index (Phi) is 6.70. The first-order valence-corrected chi connectivity index (χ1v) is 9.94. The molecule has 0 aromatic heterocycles. The van der Waals surface area contributed by atoms with Crippen LogP contribution in [0, 0.1) is 19.8 Å². The minimum atomic E-state index is -0.0465. The molecule has 3 rings (SSSR count). The van der Waals surface area contributed by atoms with Gasteiger partial charge in [-0.2, -0.15) is 0 Å². The Bertz CT molecular complexity index is 843. The van der Waals surface area contributed by atoms with Gasteiger partial charge in [0.05, 0.1) is 6.54 Å². The third kappa shape index (κ3) is 5.57. The molecule has 0 bridgehead atoms. The number of halogens is 1. The van der Waals surface area contributed by atoms with E-state index in [0.717, 1.165) is 48.4 Å². The SMILES string of the molecule is Cc1ccc(NC(=O)CN2CCC(C(=O)Nc3cc(Cl)ccc3C)CC2)cc1. The molecular weight excluding hydrogens is 374 g/mol. The molecule has 0 spiro atoms. The monoisotopic (exact) mass is 399 g/mol. The molecule has 2 aromatic rings. The van der Waals surface area contributed by atoms with E-state index < -0.39 is 0 Å². The molecule has 0 aliphatic carbocycles. The molecule has 28 heavy (non-hydrogen) atoms. The van der Waals surface area contributed by atoms with Crippen molar-refractivity contribution in [3.63, 3.8) is 0 Å². The molecule has 1 heterocycles. The fourth-order valence-electron chi connectivity index (χ4n) is 3.36. The first-order chi connectivity index (χ1) is 13.4. The number of hydrogen-bond donors (Lipinski definition) is 2. The minimum Gasteiger partial charge on any atom is -0.326 e. The van der Waals surface area contributed by atoms with Gasteiger partial charge in [-0.25, -0.2) is 0 Å². The molecule has 0 unspecified atom stereocenters. The standard InChI is InChI=1S/C22H26ClN3O2/c1-15-3-7-19(8-4-15)24-21(27)14-26-11-9-17(10-12-26)22(28)25-20-13-18(23)6-5-16(20)2/h3-8,13,17H,9-12,14H2,1-2H3,(H,24,27)(H,25,28). The maximum absolute atomic E-state index is 12.6. The van der Waals surface area contributed by atoms with E-state index in [1.54, 1.807) is 6.07 Å². The number of amides is 2. The van der Waals surface area contributed by atoms with Gasteiger partial charge in [0.2, 0.25) is 11.8 Å². The second-order valence-corrected chi connectivity index (χ2v) is 7.85. The summed E-state index contributed by atoms with van der Waals surface area (Å²) in [6.45, 7) is 5.76. The van der Waals surface area contributed by atoms with Crippen molar-refractivity contribution in [2.45, 2.75) is 26.7 Å². The fourth-order valence-corrected chi connectivity index (χ4v) is 3.53. The zero-order valence-corrected chi connectivity index (χ0v) is 17.1. The Labute approximate surface area is 171 Å². The van der Waals surface area contributed by atoms with Gasteiger partial charge in [0.25, 0.3) is 0 Å². The number of nitrogens with zero attached hydrogens (tertiary/aromatic N) is 1. The smallest absolute Gasteiger partial charge is 0.238 e. The van der Waals surface area contributed by atoms with Crippen LogP contribution < -0.4 is 10.6 Å². The summed E-state index contributed by atoms with van der Waals surface area (Å²) in [5.74, 6) is -0.0507. The molecule has 0 radical (unpaired) electrons. The number of hydrogen-bond acceptors (Lipinski definition) is 3. The van der Waals surface area contributed by atoms with E-state index in [1.807, 2.05) is 50.2 Å². The van der Waals surface area contributed by atoms with E-state index >= 15 is 0 Å². The van der Waals surface area contributed by atoms with Crippen LogP contribution in [0.5, 0.6) is 0 Å². The molecule has 2 aromatic carbocycles. The summed E-state index contributed by atoms with van der Waals surface area (Å²) in [5.41, 5.74) is 3.72. The number of benzene rings is 2. The Morgan fingerprint density at radius 3 is 2.39 bits per heavy atom. The Morgan fingerprint density at radius 2 is 1.71 bits per heavy atom. The van der Waals surface area contributed by atoms with Gasteiger partial charge in [-0.3, -0.25) is 14.5 Å². The Morgan fingerprint density at radius 1 is 1.04 bits per heavy atom. The van der Waals surface area contributed by atoms with E-state index in [0.29, 0.717) is 11.6 Å². The van der Waals surface area contributed by atoms with Crippen LogP contribution in [0.1, 0.15) is 24.0 Å². The predicted molar refractivity (Wildman–Crippen MR) is 114 cm³/mol. The average Bonchev–Trinajstić information content (AvgIpc) is 2.67. The third-order valence-corrected chi connectivity index (χ3v) is 5.35. The highest BCUT2D eigenvalue weighted by molar-refractivity contribution is 6.31. The second-order valence-electron chi connectivity index (χ2n) is 7.41. The average molecular weight is 400 g/mol. The molecular formula is C22H26ClN3O2. The summed E-state index contributed by atoms with van der Waals surface area (Å²) in [5, 5.41) is 6.52. The molecule has 2 N–H and O–H groups in total. The lowest BCUT2D eigenvalue weighted by molar-refractivity contribution is -0.121.